The van der Waals surface area contributed by atoms with Gasteiger partial charge in [0.2, 0.25) is 0 Å². The Bertz CT molecular complexity index is 453. The molecule has 4 heteroatoms. The number of hydrogen-bond donors (Lipinski definition) is 1. The van der Waals surface area contributed by atoms with Crippen LogP contribution < -0.4 is 5.32 Å². The number of halogens is 1. The van der Waals surface area contributed by atoms with E-state index < -0.39 is 0 Å². The van der Waals surface area contributed by atoms with Gasteiger partial charge in [0.15, 0.2) is 0 Å². The van der Waals surface area contributed by atoms with Crippen LogP contribution in [-0.2, 0) is 6.54 Å². The first-order valence-corrected chi connectivity index (χ1v) is 6.51. The van der Waals surface area contributed by atoms with Crippen molar-refractivity contribution in [1.82, 2.24) is 15.1 Å². The maximum Gasteiger partial charge on any atom is 0.0534 e. The molecule has 0 radical (unpaired) electrons. The van der Waals surface area contributed by atoms with Crippen molar-refractivity contribution in [1.29, 1.82) is 0 Å². The van der Waals surface area contributed by atoms with Gasteiger partial charge in [-0.1, -0.05) is 28.1 Å². The van der Waals surface area contributed by atoms with E-state index >= 15 is 0 Å². The average Bonchev–Trinajstić information content (AvgIpc) is 2.82. The summed E-state index contributed by atoms with van der Waals surface area (Å²) < 4.78 is 3.05. The molecule has 17 heavy (non-hydrogen) atoms. The molecule has 90 valence electrons. The smallest absolute Gasteiger partial charge is 0.0534 e. The molecule has 3 nitrogen and oxygen atoms in total. The Kier molecular flexibility index (Phi) is 4.34. The molecule has 1 aromatic carbocycles. The summed E-state index contributed by atoms with van der Waals surface area (Å²) in [6.07, 6.45) is 3.78. The molecule has 0 saturated heterocycles. The zero-order chi connectivity index (χ0) is 12.1. The van der Waals surface area contributed by atoms with E-state index in [-0.39, 0.29) is 0 Å². The first kappa shape index (κ1) is 12.3. The van der Waals surface area contributed by atoms with Crippen molar-refractivity contribution < 1.29 is 0 Å². The third-order valence-electron chi connectivity index (χ3n) is 2.70. The standard InChI is InChI=1S/C13H16BrN3/c1-11(12-4-2-5-13(14)10-12)15-7-9-17-8-3-6-16-17/h2-6,8,10-11,15H,7,9H2,1H3/t11-/m0/s1. The quantitative estimate of drug-likeness (QED) is 0.918. The topological polar surface area (TPSA) is 29.9 Å². The second-order valence-electron chi connectivity index (χ2n) is 4.00. The molecule has 0 aliphatic rings. The lowest BCUT2D eigenvalue weighted by molar-refractivity contribution is 0.507. The summed E-state index contributed by atoms with van der Waals surface area (Å²) in [6, 6.07) is 10.7. The van der Waals surface area contributed by atoms with Crippen molar-refractivity contribution in [3.05, 3.63) is 52.8 Å². The van der Waals surface area contributed by atoms with Crippen LogP contribution in [0.3, 0.4) is 0 Å². The molecule has 0 amide bonds. The van der Waals surface area contributed by atoms with Crippen LogP contribution in [0, 0.1) is 0 Å². The van der Waals surface area contributed by atoms with Crippen LogP contribution in [-0.4, -0.2) is 16.3 Å². The predicted octanol–water partition coefficient (Wildman–Crippen LogP) is 3.00. The Morgan fingerprint density at radius 2 is 2.29 bits per heavy atom. The van der Waals surface area contributed by atoms with Crippen molar-refractivity contribution in [3.63, 3.8) is 0 Å². The number of aromatic nitrogens is 2. The molecular formula is C13H16BrN3. The Hall–Kier alpha value is -1.13. The summed E-state index contributed by atoms with van der Waals surface area (Å²) in [5, 5.41) is 7.65. The van der Waals surface area contributed by atoms with Crippen molar-refractivity contribution in [3.8, 4) is 0 Å². The van der Waals surface area contributed by atoms with Gasteiger partial charge >= 0.3 is 0 Å². The van der Waals surface area contributed by atoms with E-state index in [2.05, 4.69) is 51.5 Å². The highest BCUT2D eigenvalue weighted by molar-refractivity contribution is 9.10. The molecule has 1 atom stereocenters. The number of nitrogens with zero attached hydrogens (tertiary/aromatic N) is 2. The number of nitrogens with one attached hydrogen (secondary N) is 1. The molecule has 0 aliphatic heterocycles. The lowest BCUT2D eigenvalue weighted by Gasteiger charge is -2.14. The molecule has 1 heterocycles. The minimum Gasteiger partial charge on any atom is -0.308 e. The molecular weight excluding hydrogens is 278 g/mol. The molecule has 0 fully saturated rings. The fraction of sp³-hybridized carbons (Fsp3) is 0.308. The lowest BCUT2D eigenvalue weighted by Crippen LogP contribution is -2.23. The maximum absolute atomic E-state index is 4.17. The highest BCUT2D eigenvalue weighted by atomic mass is 79.9. The summed E-state index contributed by atoms with van der Waals surface area (Å²) in [5.74, 6) is 0. The van der Waals surface area contributed by atoms with Crippen LogP contribution in [0.15, 0.2) is 47.2 Å². The van der Waals surface area contributed by atoms with Gasteiger partial charge in [0.1, 0.15) is 0 Å². The van der Waals surface area contributed by atoms with Gasteiger partial charge in [-0.15, -0.1) is 0 Å². The van der Waals surface area contributed by atoms with Crippen LogP contribution in [0.2, 0.25) is 0 Å². The molecule has 0 aliphatic carbocycles. The van der Waals surface area contributed by atoms with E-state index in [0.29, 0.717) is 6.04 Å². The van der Waals surface area contributed by atoms with Crippen molar-refractivity contribution >= 4 is 15.9 Å². The first-order valence-electron chi connectivity index (χ1n) is 5.72. The second-order valence-corrected chi connectivity index (χ2v) is 4.92. The molecule has 0 spiro atoms. The van der Waals surface area contributed by atoms with Crippen LogP contribution in [0.5, 0.6) is 0 Å². The minimum absolute atomic E-state index is 0.350. The van der Waals surface area contributed by atoms with E-state index in [1.165, 1.54) is 5.56 Å². The molecule has 1 aromatic heterocycles. The largest absolute Gasteiger partial charge is 0.308 e. The van der Waals surface area contributed by atoms with Crippen molar-refractivity contribution in [2.75, 3.05) is 6.54 Å². The third-order valence-corrected chi connectivity index (χ3v) is 3.19. The Morgan fingerprint density at radius 3 is 3.00 bits per heavy atom. The number of hydrogen-bond acceptors (Lipinski definition) is 2. The van der Waals surface area contributed by atoms with Gasteiger partial charge in [0.25, 0.3) is 0 Å². The summed E-state index contributed by atoms with van der Waals surface area (Å²) in [7, 11) is 0. The van der Waals surface area contributed by atoms with E-state index in [1.54, 1.807) is 6.20 Å². The zero-order valence-electron chi connectivity index (χ0n) is 9.81. The van der Waals surface area contributed by atoms with Gasteiger partial charge in [0, 0.05) is 29.5 Å². The van der Waals surface area contributed by atoms with Crippen LogP contribution in [0.1, 0.15) is 18.5 Å². The Labute approximate surface area is 110 Å². The fourth-order valence-electron chi connectivity index (χ4n) is 1.72. The normalized spacial score (nSPS) is 12.6. The van der Waals surface area contributed by atoms with E-state index in [0.717, 1.165) is 17.6 Å². The van der Waals surface area contributed by atoms with Gasteiger partial charge < -0.3 is 5.32 Å². The van der Waals surface area contributed by atoms with E-state index in [4.69, 9.17) is 0 Å². The van der Waals surface area contributed by atoms with E-state index in [9.17, 15) is 0 Å². The van der Waals surface area contributed by atoms with Crippen LogP contribution >= 0.6 is 15.9 Å². The fourth-order valence-corrected chi connectivity index (χ4v) is 2.14. The Morgan fingerprint density at radius 1 is 1.41 bits per heavy atom. The molecule has 0 unspecified atom stereocenters. The SMILES string of the molecule is C[C@H](NCCn1cccn1)c1cccc(Br)c1. The van der Waals surface area contributed by atoms with Gasteiger partial charge in [-0.25, -0.2) is 0 Å². The van der Waals surface area contributed by atoms with Gasteiger partial charge in [-0.2, -0.15) is 5.10 Å². The van der Waals surface area contributed by atoms with Crippen LogP contribution in [0.25, 0.3) is 0 Å². The van der Waals surface area contributed by atoms with Crippen molar-refractivity contribution in [2.24, 2.45) is 0 Å². The molecule has 2 rings (SSSR count). The van der Waals surface area contributed by atoms with Crippen molar-refractivity contribution in [2.45, 2.75) is 19.5 Å². The van der Waals surface area contributed by atoms with E-state index in [1.807, 2.05) is 23.0 Å². The van der Waals surface area contributed by atoms with Gasteiger partial charge in [0.05, 0.1) is 6.54 Å². The van der Waals surface area contributed by atoms with Gasteiger partial charge in [-0.05, 0) is 30.7 Å². The average molecular weight is 294 g/mol. The summed E-state index contributed by atoms with van der Waals surface area (Å²) in [5.41, 5.74) is 1.29. The first-order chi connectivity index (χ1) is 8.25. The lowest BCUT2D eigenvalue weighted by atomic mass is 10.1. The predicted molar refractivity (Wildman–Crippen MR) is 72.8 cm³/mol. The molecule has 0 saturated carbocycles. The summed E-state index contributed by atoms with van der Waals surface area (Å²) in [6.45, 7) is 3.98. The second kappa shape index (κ2) is 5.98. The number of rotatable bonds is 5. The number of benzene rings is 1. The highest BCUT2D eigenvalue weighted by Gasteiger charge is 2.04. The summed E-state index contributed by atoms with van der Waals surface area (Å²) in [4.78, 5) is 0. The maximum atomic E-state index is 4.17. The van der Waals surface area contributed by atoms with Crippen LogP contribution in [0.4, 0.5) is 0 Å². The third kappa shape index (κ3) is 3.68. The van der Waals surface area contributed by atoms with Gasteiger partial charge in [-0.3, -0.25) is 4.68 Å². The minimum atomic E-state index is 0.350. The summed E-state index contributed by atoms with van der Waals surface area (Å²) >= 11 is 3.49. The highest BCUT2D eigenvalue weighted by Crippen LogP contribution is 2.17. The molecule has 2 aromatic rings. The molecule has 0 bridgehead atoms. The Balaban J connectivity index is 1.83. The monoisotopic (exact) mass is 293 g/mol. The molecule has 1 N–H and O–H groups in total. The zero-order valence-corrected chi connectivity index (χ0v) is 11.4.